The summed E-state index contributed by atoms with van der Waals surface area (Å²) in [6, 6.07) is 13.0. The molecule has 0 spiro atoms. The predicted molar refractivity (Wildman–Crippen MR) is 75.8 cm³/mol. The lowest BCUT2D eigenvalue weighted by molar-refractivity contribution is 0.107. The summed E-state index contributed by atoms with van der Waals surface area (Å²) in [5.41, 5.74) is 8.36. The lowest BCUT2D eigenvalue weighted by Crippen LogP contribution is -1.95. The molecule has 0 bridgehead atoms. The van der Waals surface area contributed by atoms with Crippen LogP contribution in [0.4, 0.5) is 5.69 Å². The molecule has 94 valence electrons. The Labute approximate surface area is 116 Å². The standard InChI is InChI=1S/C14H13Cl2NO/c15-12-4-3-11(14(16)7-12)9-18-8-10-1-5-13(17)6-2-10/h1-7H,8-9,17H2. The average molecular weight is 282 g/mol. The first kappa shape index (κ1) is 13.2. The summed E-state index contributed by atoms with van der Waals surface area (Å²) < 4.78 is 5.60. The largest absolute Gasteiger partial charge is 0.399 e. The number of nitrogen functional groups attached to an aromatic ring is 1. The third-order valence-electron chi connectivity index (χ3n) is 2.52. The van der Waals surface area contributed by atoms with Crippen LogP contribution >= 0.6 is 23.2 Å². The van der Waals surface area contributed by atoms with Crippen LogP contribution in [-0.4, -0.2) is 0 Å². The van der Waals surface area contributed by atoms with Crippen LogP contribution in [0.15, 0.2) is 42.5 Å². The molecule has 0 fully saturated rings. The van der Waals surface area contributed by atoms with E-state index in [4.69, 9.17) is 33.7 Å². The van der Waals surface area contributed by atoms with E-state index in [1.807, 2.05) is 30.3 Å². The van der Waals surface area contributed by atoms with E-state index in [2.05, 4.69) is 0 Å². The Balaban J connectivity index is 1.90. The van der Waals surface area contributed by atoms with Gasteiger partial charge in [-0.2, -0.15) is 0 Å². The molecular weight excluding hydrogens is 269 g/mol. The van der Waals surface area contributed by atoms with E-state index in [1.165, 1.54) is 0 Å². The van der Waals surface area contributed by atoms with Gasteiger partial charge in [0.1, 0.15) is 0 Å². The lowest BCUT2D eigenvalue weighted by Gasteiger charge is -2.07. The Morgan fingerprint density at radius 3 is 2.33 bits per heavy atom. The highest BCUT2D eigenvalue weighted by molar-refractivity contribution is 6.35. The van der Waals surface area contributed by atoms with E-state index < -0.39 is 0 Å². The zero-order valence-corrected chi connectivity index (χ0v) is 11.2. The normalized spacial score (nSPS) is 10.6. The van der Waals surface area contributed by atoms with E-state index in [0.29, 0.717) is 23.3 Å². The van der Waals surface area contributed by atoms with E-state index in [-0.39, 0.29) is 0 Å². The monoisotopic (exact) mass is 281 g/mol. The number of anilines is 1. The molecule has 0 aliphatic rings. The molecule has 2 aromatic rings. The van der Waals surface area contributed by atoms with Gasteiger partial charge in [-0.1, -0.05) is 41.4 Å². The van der Waals surface area contributed by atoms with Gasteiger partial charge in [0.25, 0.3) is 0 Å². The molecule has 0 aromatic heterocycles. The second-order valence-corrected chi connectivity index (χ2v) is 4.81. The summed E-state index contributed by atoms with van der Waals surface area (Å²) in [5.74, 6) is 0. The minimum absolute atomic E-state index is 0.459. The number of rotatable bonds is 4. The highest BCUT2D eigenvalue weighted by Crippen LogP contribution is 2.21. The van der Waals surface area contributed by atoms with Crippen molar-refractivity contribution in [2.75, 3.05) is 5.73 Å². The summed E-state index contributed by atoms with van der Waals surface area (Å²) in [6.07, 6.45) is 0. The van der Waals surface area contributed by atoms with Gasteiger partial charge in [0.15, 0.2) is 0 Å². The van der Waals surface area contributed by atoms with Gasteiger partial charge >= 0.3 is 0 Å². The maximum atomic E-state index is 6.05. The molecule has 0 unspecified atom stereocenters. The molecule has 0 aliphatic heterocycles. The Hall–Kier alpha value is -1.22. The minimum Gasteiger partial charge on any atom is -0.399 e. The van der Waals surface area contributed by atoms with Crippen molar-refractivity contribution in [3.63, 3.8) is 0 Å². The maximum Gasteiger partial charge on any atom is 0.0735 e. The van der Waals surface area contributed by atoms with Gasteiger partial charge in [-0.3, -0.25) is 0 Å². The Morgan fingerprint density at radius 1 is 0.944 bits per heavy atom. The molecule has 4 heteroatoms. The Bertz CT molecular complexity index is 526. The van der Waals surface area contributed by atoms with Gasteiger partial charge in [-0.15, -0.1) is 0 Å². The number of ether oxygens (including phenoxy) is 1. The summed E-state index contributed by atoms with van der Waals surface area (Å²) >= 11 is 11.9. The first-order valence-electron chi connectivity index (χ1n) is 5.51. The van der Waals surface area contributed by atoms with E-state index in [9.17, 15) is 0 Å². The van der Waals surface area contributed by atoms with Crippen LogP contribution in [-0.2, 0) is 18.0 Å². The molecule has 0 saturated heterocycles. The fourth-order valence-corrected chi connectivity index (χ4v) is 1.99. The number of nitrogens with two attached hydrogens (primary N) is 1. The van der Waals surface area contributed by atoms with Crippen molar-refractivity contribution >= 4 is 28.9 Å². The first-order valence-corrected chi connectivity index (χ1v) is 6.27. The zero-order chi connectivity index (χ0) is 13.0. The fourth-order valence-electron chi connectivity index (χ4n) is 1.53. The zero-order valence-electron chi connectivity index (χ0n) is 9.70. The Kier molecular flexibility index (Phi) is 4.48. The number of hydrogen-bond acceptors (Lipinski definition) is 2. The summed E-state index contributed by atoms with van der Waals surface area (Å²) in [7, 11) is 0. The molecule has 0 atom stereocenters. The lowest BCUT2D eigenvalue weighted by atomic mass is 10.2. The van der Waals surface area contributed by atoms with Gasteiger partial charge in [0.05, 0.1) is 13.2 Å². The molecule has 0 heterocycles. The second kappa shape index (κ2) is 6.10. The van der Waals surface area contributed by atoms with Gasteiger partial charge in [0.2, 0.25) is 0 Å². The van der Waals surface area contributed by atoms with Crippen LogP contribution in [0.25, 0.3) is 0 Å². The first-order chi connectivity index (χ1) is 8.65. The van der Waals surface area contributed by atoms with Crippen molar-refractivity contribution in [2.45, 2.75) is 13.2 Å². The second-order valence-electron chi connectivity index (χ2n) is 3.97. The summed E-state index contributed by atoms with van der Waals surface area (Å²) in [6.45, 7) is 0.986. The van der Waals surface area contributed by atoms with Gasteiger partial charge in [0, 0.05) is 15.7 Å². The molecule has 0 amide bonds. The molecule has 0 saturated carbocycles. The third-order valence-corrected chi connectivity index (χ3v) is 3.11. The maximum absolute atomic E-state index is 6.05. The molecule has 0 radical (unpaired) electrons. The number of benzene rings is 2. The molecule has 2 aromatic carbocycles. The molecule has 18 heavy (non-hydrogen) atoms. The summed E-state index contributed by atoms with van der Waals surface area (Å²) in [5, 5.41) is 1.25. The summed E-state index contributed by atoms with van der Waals surface area (Å²) in [4.78, 5) is 0. The molecule has 2 rings (SSSR count). The van der Waals surface area contributed by atoms with Gasteiger partial charge < -0.3 is 10.5 Å². The van der Waals surface area contributed by atoms with Crippen molar-refractivity contribution in [3.8, 4) is 0 Å². The molecular formula is C14H13Cl2NO. The highest BCUT2D eigenvalue weighted by Gasteiger charge is 2.01. The molecule has 2 nitrogen and oxygen atoms in total. The van der Waals surface area contributed by atoms with Crippen LogP contribution in [0.5, 0.6) is 0 Å². The molecule has 2 N–H and O–H groups in total. The Morgan fingerprint density at radius 2 is 1.67 bits per heavy atom. The van der Waals surface area contributed by atoms with E-state index in [1.54, 1.807) is 12.1 Å². The highest BCUT2D eigenvalue weighted by atomic mass is 35.5. The van der Waals surface area contributed by atoms with Crippen molar-refractivity contribution < 1.29 is 4.74 Å². The van der Waals surface area contributed by atoms with Crippen LogP contribution in [0, 0.1) is 0 Å². The van der Waals surface area contributed by atoms with Crippen LogP contribution in [0.2, 0.25) is 10.0 Å². The smallest absolute Gasteiger partial charge is 0.0735 e. The van der Waals surface area contributed by atoms with Crippen LogP contribution in [0.1, 0.15) is 11.1 Å². The van der Waals surface area contributed by atoms with Gasteiger partial charge in [-0.25, -0.2) is 0 Å². The average Bonchev–Trinajstić information content (AvgIpc) is 2.34. The van der Waals surface area contributed by atoms with Crippen LogP contribution < -0.4 is 5.73 Å². The number of hydrogen-bond donors (Lipinski definition) is 1. The molecule has 0 aliphatic carbocycles. The quantitative estimate of drug-likeness (QED) is 0.849. The predicted octanol–water partition coefficient (Wildman–Crippen LogP) is 4.29. The van der Waals surface area contributed by atoms with Crippen molar-refractivity contribution in [3.05, 3.63) is 63.6 Å². The van der Waals surface area contributed by atoms with E-state index >= 15 is 0 Å². The third kappa shape index (κ3) is 3.64. The number of halogens is 2. The van der Waals surface area contributed by atoms with Crippen molar-refractivity contribution in [1.82, 2.24) is 0 Å². The minimum atomic E-state index is 0.459. The SMILES string of the molecule is Nc1ccc(COCc2ccc(Cl)cc2Cl)cc1. The van der Waals surface area contributed by atoms with Gasteiger partial charge in [-0.05, 0) is 35.4 Å². The van der Waals surface area contributed by atoms with Crippen molar-refractivity contribution in [1.29, 1.82) is 0 Å². The van der Waals surface area contributed by atoms with E-state index in [0.717, 1.165) is 16.8 Å². The van der Waals surface area contributed by atoms with Crippen LogP contribution in [0.3, 0.4) is 0 Å². The topological polar surface area (TPSA) is 35.2 Å². The van der Waals surface area contributed by atoms with Crippen molar-refractivity contribution in [2.24, 2.45) is 0 Å². The fraction of sp³-hybridized carbons (Fsp3) is 0.143.